The van der Waals surface area contributed by atoms with E-state index in [1.807, 2.05) is 35.8 Å². The normalized spacial score (nSPS) is 12.6. The number of halogens is 1. The van der Waals surface area contributed by atoms with Gasteiger partial charge in [-0.2, -0.15) is 4.31 Å². The van der Waals surface area contributed by atoms with E-state index in [-0.39, 0.29) is 0 Å². The van der Waals surface area contributed by atoms with Crippen LogP contribution in [0.25, 0.3) is 0 Å². The Morgan fingerprint density at radius 3 is 2.69 bits per heavy atom. The zero-order valence-electron chi connectivity index (χ0n) is 15.3. The summed E-state index contributed by atoms with van der Waals surface area (Å²) in [4.78, 5) is 6.21. The first kappa shape index (κ1) is 20.8. The summed E-state index contributed by atoms with van der Waals surface area (Å²) in [5.74, 6) is 0.684. The molecule has 0 bridgehead atoms. The lowest BCUT2D eigenvalue weighted by Crippen LogP contribution is -2.42. The van der Waals surface area contributed by atoms with Gasteiger partial charge in [-0.25, -0.2) is 8.42 Å². The van der Waals surface area contributed by atoms with E-state index in [2.05, 4.69) is 10.3 Å². The van der Waals surface area contributed by atoms with Crippen molar-refractivity contribution < 1.29 is 8.42 Å². The molecule has 0 saturated heterocycles. The number of hydrogen-bond acceptors (Lipinski definition) is 4. The summed E-state index contributed by atoms with van der Waals surface area (Å²) < 4.78 is 28.5. The monoisotopic (exact) mass is 417 g/mol. The zero-order valence-corrected chi connectivity index (χ0v) is 17.7. The Kier molecular flexibility index (Phi) is 7.10. The second-order valence-electron chi connectivity index (χ2n) is 5.85. The van der Waals surface area contributed by atoms with Gasteiger partial charge in [-0.15, -0.1) is 11.3 Å². The van der Waals surface area contributed by atoms with Crippen LogP contribution >= 0.6 is 22.9 Å². The number of aryl methyl sites for hydroxylation is 1. The van der Waals surface area contributed by atoms with Crippen LogP contribution in [-0.4, -0.2) is 62.4 Å². The topological polar surface area (TPSA) is 69.9 Å². The van der Waals surface area contributed by atoms with Gasteiger partial charge in [0.15, 0.2) is 5.96 Å². The number of nitrogens with one attached hydrogen (secondary N) is 1. The van der Waals surface area contributed by atoms with Crippen molar-refractivity contribution in [3.05, 3.63) is 40.5 Å². The number of sulfonamides is 1. The van der Waals surface area contributed by atoms with Crippen molar-refractivity contribution in [1.82, 2.24) is 19.1 Å². The van der Waals surface area contributed by atoms with E-state index < -0.39 is 10.0 Å². The molecule has 0 aliphatic carbocycles. The molecule has 144 valence electrons. The molecule has 0 unspecified atom stereocenters. The average Bonchev–Trinajstić information content (AvgIpc) is 3.22. The highest BCUT2D eigenvalue weighted by Crippen LogP contribution is 2.19. The molecule has 1 N–H and O–H groups in total. The van der Waals surface area contributed by atoms with Crippen molar-refractivity contribution in [2.45, 2.75) is 10.8 Å². The SMILES string of the molecule is CN=C(NCCN(C)S(=O)(=O)c1cccs1)N(C)Cc1cc(Cl)cn1C. The van der Waals surface area contributed by atoms with Gasteiger partial charge >= 0.3 is 0 Å². The van der Waals surface area contributed by atoms with Crippen molar-refractivity contribution in [1.29, 1.82) is 0 Å². The highest BCUT2D eigenvalue weighted by Gasteiger charge is 2.21. The highest BCUT2D eigenvalue weighted by atomic mass is 35.5. The smallest absolute Gasteiger partial charge is 0.252 e. The van der Waals surface area contributed by atoms with Gasteiger partial charge in [0.25, 0.3) is 10.0 Å². The van der Waals surface area contributed by atoms with Crippen molar-refractivity contribution in [3.8, 4) is 0 Å². The van der Waals surface area contributed by atoms with Crippen LogP contribution in [0, 0.1) is 0 Å². The number of rotatable bonds is 7. The Bertz CT molecular complexity index is 846. The van der Waals surface area contributed by atoms with E-state index in [4.69, 9.17) is 11.6 Å². The minimum atomic E-state index is -3.43. The molecule has 0 radical (unpaired) electrons. The van der Waals surface area contributed by atoms with E-state index in [1.54, 1.807) is 31.6 Å². The lowest BCUT2D eigenvalue weighted by atomic mass is 10.4. The van der Waals surface area contributed by atoms with E-state index in [9.17, 15) is 8.42 Å². The maximum Gasteiger partial charge on any atom is 0.252 e. The molecule has 2 heterocycles. The Morgan fingerprint density at radius 2 is 2.15 bits per heavy atom. The van der Waals surface area contributed by atoms with Crippen molar-refractivity contribution in [2.24, 2.45) is 12.0 Å². The molecule has 26 heavy (non-hydrogen) atoms. The molecule has 10 heteroatoms. The third kappa shape index (κ3) is 5.00. The molecule has 2 aromatic rings. The number of thiophene rings is 1. The average molecular weight is 418 g/mol. The molecule has 0 aromatic carbocycles. The third-order valence-electron chi connectivity index (χ3n) is 3.92. The van der Waals surface area contributed by atoms with Crippen LogP contribution in [-0.2, 0) is 23.6 Å². The minimum absolute atomic E-state index is 0.336. The van der Waals surface area contributed by atoms with Gasteiger partial charge in [0, 0.05) is 53.2 Å². The summed E-state index contributed by atoms with van der Waals surface area (Å²) in [5, 5.41) is 5.64. The molecular formula is C16H24ClN5O2S2. The molecule has 0 atom stereocenters. The van der Waals surface area contributed by atoms with Gasteiger partial charge in [0.2, 0.25) is 0 Å². The van der Waals surface area contributed by atoms with Gasteiger partial charge in [0.05, 0.1) is 11.6 Å². The molecule has 0 amide bonds. The predicted molar refractivity (Wildman–Crippen MR) is 107 cm³/mol. The summed E-state index contributed by atoms with van der Waals surface area (Å²) in [6.45, 7) is 1.42. The summed E-state index contributed by atoms with van der Waals surface area (Å²) in [5.41, 5.74) is 1.05. The summed E-state index contributed by atoms with van der Waals surface area (Å²) >= 11 is 7.24. The number of aliphatic imine (C=N–C) groups is 1. The minimum Gasteiger partial charge on any atom is -0.355 e. The molecule has 7 nitrogen and oxygen atoms in total. The van der Waals surface area contributed by atoms with Crippen molar-refractivity contribution >= 4 is 38.9 Å². The molecule has 0 spiro atoms. The molecule has 0 aliphatic rings. The maximum atomic E-state index is 12.4. The van der Waals surface area contributed by atoms with Crippen molar-refractivity contribution in [2.75, 3.05) is 34.2 Å². The van der Waals surface area contributed by atoms with Gasteiger partial charge in [-0.05, 0) is 17.5 Å². The molecule has 2 rings (SSSR count). The molecule has 0 aliphatic heterocycles. The molecule has 0 fully saturated rings. The van der Waals surface area contributed by atoms with Gasteiger partial charge < -0.3 is 14.8 Å². The van der Waals surface area contributed by atoms with Gasteiger partial charge in [0.1, 0.15) is 4.21 Å². The van der Waals surface area contributed by atoms with Crippen LogP contribution in [0.15, 0.2) is 39.0 Å². The molecule has 0 saturated carbocycles. The van der Waals surface area contributed by atoms with E-state index in [1.165, 1.54) is 15.6 Å². The third-order valence-corrected chi connectivity index (χ3v) is 7.35. The lowest BCUT2D eigenvalue weighted by molar-refractivity contribution is 0.444. The van der Waals surface area contributed by atoms with E-state index >= 15 is 0 Å². The highest BCUT2D eigenvalue weighted by molar-refractivity contribution is 7.91. The fourth-order valence-electron chi connectivity index (χ4n) is 2.44. The Morgan fingerprint density at radius 1 is 1.42 bits per heavy atom. The van der Waals surface area contributed by atoms with Gasteiger partial charge in [-0.1, -0.05) is 17.7 Å². The number of guanidine groups is 1. The van der Waals surface area contributed by atoms with Crippen LogP contribution in [0.5, 0.6) is 0 Å². The van der Waals surface area contributed by atoms with Crippen LogP contribution in [0.3, 0.4) is 0 Å². The number of nitrogens with zero attached hydrogens (tertiary/aromatic N) is 4. The van der Waals surface area contributed by atoms with Crippen LogP contribution in [0.1, 0.15) is 5.69 Å². The fourth-order valence-corrected chi connectivity index (χ4v) is 5.08. The van der Waals surface area contributed by atoms with Crippen molar-refractivity contribution in [3.63, 3.8) is 0 Å². The van der Waals surface area contributed by atoms with E-state index in [0.29, 0.717) is 34.8 Å². The predicted octanol–water partition coefficient (Wildman–Crippen LogP) is 2.07. The quantitative estimate of drug-likeness (QED) is 0.553. The Labute approximate surface area is 163 Å². The first-order valence-electron chi connectivity index (χ1n) is 7.98. The lowest BCUT2D eigenvalue weighted by Gasteiger charge is -2.23. The number of aromatic nitrogens is 1. The van der Waals surface area contributed by atoms with Gasteiger partial charge in [-0.3, -0.25) is 4.99 Å². The number of likely N-dealkylation sites (N-methyl/N-ethyl adjacent to an activating group) is 1. The molecule has 2 aromatic heterocycles. The van der Waals surface area contributed by atoms with Crippen LogP contribution in [0.2, 0.25) is 5.02 Å². The second-order valence-corrected chi connectivity index (χ2v) is 9.51. The zero-order chi connectivity index (χ0) is 19.3. The standard InChI is InChI=1S/C16H24ClN5O2S2/c1-18-16(21(3)12-14-10-13(17)11-20(14)2)19-7-8-22(4)26(23,24)15-6-5-9-25-15/h5-6,9-11H,7-8,12H2,1-4H3,(H,18,19). The Hall–Kier alpha value is -1.55. The summed E-state index contributed by atoms with van der Waals surface area (Å²) in [7, 11) is 3.70. The first-order valence-corrected chi connectivity index (χ1v) is 10.7. The number of hydrogen-bond donors (Lipinski definition) is 1. The second kappa shape index (κ2) is 8.90. The largest absolute Gasteiger partial charge is 0.355 e. The van der Waals surface area contributed by atoms with E-state index in [0.717, 1.165) is 5.69 Å². The van der Waals surface area contributed by atoms with Crippen LogP contribution < -0.4 is 5.32 Å². The first-order chi connectivity index (χ1) is 12.3. The summed E-state index contributed by atoms with van der Waals surface area (Å²) in [6.07, 6.45) is 1.85. The summed E-state index contributed by atoms with van der Waals surface area (Å²) in [6, 6.07) is 5.25. The Balaban J connectivity index is 1.89. The fraction of sp³-hybridized carbons (Fsp3) is 0.438. The molecular weight excluding hydrogens is 394 g/mol. The van der Waals surface area contributed by atoms with Crippen LogP contribution in [0.4, 0.5) is 0 Å². The maximum absolute atomic E-state index is 12.4.